The van der Waals surface area contributed by atoms with Gasteiger partial charge in [0.1, 0.15) is 0 Å². The minimum Gasteiger partial charge on any atom is -0.159 e. The van der Waals surface area contributed by atoms with Crippen molar-refractivity contribution in [2.75, 3.05) is 0 Å². The highest BCUT2D eigenvalue weighted by atomic mass is 14.9. The van der Waals surface area contributed by atoms with Crippen molar-refractivity contribution in [2.45, 2.75) is 0 Å². The lowest BCUT2D eigenvalue weighted by Gasteiger charge is -2.15. The Hall–Kier alpha value is -3.97. The van der Waals surface area contributed by atoms with Crippen LogP contribution in [0.3, 0.4) is 0 Å². The van der Waals surface area contributed by atoms with Crippen LogP contribution in [0.2, 0.25) is 0 Å². The highest BCUT2D eigenvalue weighted by molar-refractivity contribution is 6.19. The van der Waals surface area contributed by atoms with Crippen molar-refractivity contribution in [3.05, 3.63) is 121 Å². The zero-order chi connectivity index (χ0) is 19.9. The van der Waals surface area contributed by atoms with E-state index >= 15 is 0 Å². The largest absolute Gasteiger partial charge is 0.227 e. The molecule has 0 bridgehead atoms. The standard InChI is InChI=1S/C29H20N/c1-3-11-21(12-4-1)27-24-16-7-8-17-25(24)28(22-13-5-2-6-14-22)29-26(27)19-18-23-15-9-10-20-30(23)29/h1-20H/q+1. The lowest BCUT2D eigenvalue weighted by atomic mass is 9.88. The van der Waals surface area contributed by atoms with E-state index in [0.29, 0.717) is 0 Å². The Morgan fingerprint density at radius 1 is 0.400 bits per heavy atom. The van der Waals surface area contributed by atoms with Crippen LogP contribution in [0.4, 0.5) is 0 Å². The first-order valence-electron chi connectivity index (χ1n) is 10.3. The topological polar surface area (TPSA) is 4.10 Å². The third-order valence-corrected chi connectivity index (χ3v) is 5.90. The molecule has 0 aliphatic heterocycles. The summed E-state index contributed by atoms with van der Waals surface area (Å²) in [7, 11) is 0. The Balaban J connectivity index is 1.93. The van der Waals surface area contributed by atoms with Gasteiger partial charge in [0.05, 0.1) is 10.9 Å². The lowest BCUT2D eigenvalue weighted by molar-refractivity contribution is -0.481. The summed E-state index contributed by atoms with van der Waals surface area (Å²) in [6.45, 7) is 0. The molecule has 4 aromatic carbocycles. The molecule has 0 aliphatic rings. The maximum atomic E-state index is 2.33. The van der Waals surface area contributed by atoms with E-state index in [4.69, 9.17) is 0 Å². The van der Waals surface area contributed by atoms with E-state index in [1.54, 1.807) is 0 Å². The van der Waals surface area contributed by atoms with E-state index in [2.05, 4.69) is 126 Å². The Kier molecular flexibility index (Phi) is 3.85. The van der Waals surface area contributed by atoms with Crippen molar-refractivity contribution < 1.29 is 4.40 Å². The Morgan fingerprint density at radius 3 is 1.67 bits per heavy atom. The number of rotatable bonds is 2. The summed E-state index contributed by atoms with van der Waals surface area (Å²) in [5, 5.41) is 3.83. The van der Waals surface area contributed by atoms with Crippen molar-refractivity contribution in [1.82, 2.24) is 0 Å². The number of aromatic nitrogens is 1. The van der Waals surface area contributed by atoms with Gasteiger partial charge in [-0.3, -0.25) is 0 Å². The van der Waals surface area contributed by atoms with Gasteiger partial charge in [0, 0.05) is 23.8 Å². The first-order valence-corrected chi connectivity index (χ1v) is 10.3. The Bertz CT molecular complexity index is 1520. The molecule has 2 heterocycles. The first-order chi connectivity index (χ1) is 14.9. The zero-order valence-electron chi connectivity index (χ0n) is 16.5. The maximum absolute atomic E-state index is 2.33. The van der Waals surface area contributed by atoms with Crippen LogP contribution >= 0.6 is 0 Å². The van der Waals surface area contributed by atoms with Gasteiger partial charge in [-0.1, -0.05) is 84.9 Å². The summed E-state index contributed by atoms with van der Waals surface area (Å²) in [6, 6.07) is 41.2. The SMILES string of the molecule is c1ccc(-c2c3ccccc3c(-c3ccccc3)c3c2ccc2cccc[n+]23)cc1. The summed E-state index contributed by atoms with van der Waals surface area (Å²) >= 11 is 0. The van der Waals surface area contributed by atoms with Crippen LogP contribution in [0.25, 0.3) is 49.4 Å². The highest BCUT2D eigenvalue weighted by Gasteiger charge is 2.22. The molecular formula is C29H20N+. The predicted molar refractivity (Wildman–Crippen MR) is 125 cm³/mol. The Morgan fingerprint density at radius 2 is 0.967 bits per heavy atom. The van der Waals surface area contributed by atoms with E-state index in [0.717, 1.165) is 0 Å². The van der Waals surface area contributed by atoms with E-state index in [-0.39, 0.29) is 0 Å². The smallest absolute Gasteiger partial charge is 0.159 e. The normalized spacial score (nSPS) is 11.3. The van der Waals surface area contributed by atoms with E-state index in [1.807, 2.05) is 0 Å². The van der Waals surface area contributed by atoms with Gasteiger partial charge in [0.2, 0.25) is 11.0 Å². The van der Waals surface area contributed by atoms with E-state index < -0.39 is 0 Å². The third-order valence-electron chi connectivity index (χ3n) is 5.90. The summed E-state index contributed by atoms with van der Waals surface area (Å²) in [5.41, 5.74) is 7.49. The molecule has 2 aromatic heterocycles. The van der Waals surface area contributed by atoms with E-state index in [9.17, 15) is 0 Å². The molecule has 0 fully saturated rings. The van der Waals surface area contributed by atoms with Crippen molar-refractivity contribution in [2.24, 2.45) is 0 Å². The number of hydrogen-bond donors (Lipinski definition) is 0. The molecule has 6 aromatic rings. The van der Waals surface area contributed by atoms with Gasteiger partial charge in [0.25, 0.3) is 0 Å². The minimum atomic E-state index is 1.19. The fourth-order valence-corrected chi connectivity index (χ4v) is 4.63. The monoisotopic (exact) mass is 382 g/mol. The second-order valence-electron chi connectivity index (χ2n) is 7.62. The number of fused-ring (bicyclic) bond motifs is 4. The number of nitrogens with zero attached hydrogens (tertiary/aromatic N) is 1. The summed E-state index contributed by atoms with van der Waals surface area (Å²) < 4.78 is 2.33. The first kappa shape index (κ1) is 16.9. The molecule has 0 radical (unpaired) electrons. The molecule has 0 amide bonds. The summed E-state index contributed by atoms with van der Waals surface area (Å²) in [6.07, 6.45) is 2.17. The molecule has 1 nitrogen and oxygen atoms in total. The van der Waals surface area contributed by atoms with Gasteiger partial charge in [0.15, 0.2) is 6.20 Å². The molecule has 0 saturated carbocycles. The summed E-state index contributed by atoms with van der Waals surface area (Å²) in [4.78, 5) is 0. The van der Waals surface area contributed by atoms with Gasteiger partial charge in [-0.15, -0.1) is 0 Å². The van der Waals surface area contributed by atoms with Crippen molar-refractivity contribution in [3.63, 3.8) is 0 Å². The molecule has 0 unspecified atom stereocenters. The number of hydrogen-bond acceptors (Lipinski definition) is 0. The molecule has 140 valence electrons. The van der Waals surface area contributed by atoms with Crippen LogP contribution in [0.15, 0.2) is 121 Å². The van der Waals surface area contributed by atoms with Crippen LogP contribution in [-0.4, -0.2) is 0 Å². The third kappa shape index (κ3) is 2.53. The fourth-order valence-electron chi connectivity index (χ4n) is 4.63. The van der Waals surface area contributed by atoms with Crippen LogP contribution < -0.4 is 4.40 Å². The molecular weight excluding hydrogens is 362 g/mol. The van der Waals surface area contributed by atoms with Crippen LogP contribution in [0.1, 0.15) is 0 Å². The zero-order valence-corrected chi connectivity index (χ0v) is 16.5. The van der Waals surface area contributed by atoms with Crippen LogP contribution in [-0.2, 0) is 0 Å². The highest BCUT2D eigenvalue weighted by Crippen LogP contribution is 2.42. The summed E-state index contributed by atoms with van der Waals surface area (Å²) in [5.74, 6) is 0. The molecule has 0 spiro atoms. The molecule has 0 aliphatic carbocycles. The van der Waals surface area contributed by atoms with Crippen LogP contribution in [0.5, 0.6) is 0 Å². The molecule has 1 heteroatoms. The average Bonchev–Trinajstić information content (AvgIpc) is 2.83. The number of benzene rings is 4. The van der Waals surface area contributed by atoms with Gasteiger partial charge < -0.3 is 0 Å². The van der Waals surface area contributed by atoms with Crippen molar-refractivity contribution in [3.8, 4) is 22.3 Å². The van der Waals surface area contributed by atoms with Crippen LogP contribution in [0, 0.1) is 0 Å². The van der Waals surface area contributed by atoms with Gasteiger partial charge in [-0.25, -0.2) is 0 Å². The molecule has 0 N–H and O–H groups in total. The molecule has 30 heavy (non-hydrogen) atoms. The van der Waals surface area contributed by atoms with Crippen molar-refractivity contribution in [1.29, 1.82) is 0 Å². The molecule has 6 rings (SSSR count). The van der Waals surface area contributed by atoms with Gasteiger partial charge >= 0.3 is 0 Å². The number of pyridine rings is 2. The van der Waals surface area contributed by atoms with Gasteiger partial charge in [-0.05, 0) is 34.0 Å². The quantitative estimate of drug-likeness (QED) is 0.171. The Labute approximate surface area is 175 Å². The molecule has 0 atom stereocenters. The second-order valence-corrected chi connectivity index (χ2v) is 7.62. The van der Waals surface area contributed by atoms with Crippen molar-refractivity contribution >= 4 is 27.2 Å². The molecule has 0 saturated heterocycles. The predicted octanol–water partition coefficient (Wildman–Crippen LogP) is 7.07. The fraction of sp³-hybridized carbons (Fsp3) is 0. The van der Waals surface area contributed by atoms with E-state index in [1.165, 1.54) is 49.4 Å². The maximum Gasteiger partial charge on any atom is 0.227 e. The lowest BCUT2D eigenvalue weighted by Crippen LogP contribution is -2.23. The average molecular weight is 382 g/mol. The minimum absolute atomic E-state index is 1.19. The van der Waals surface area contributed by atoms with Gasteiger partial charge in [-0.2, -0.15) is 4.40 Å². The second kappa shape index (κ2) is 6.82.